The molecule has 1 saturated carbocycles. The van der Waals surface area contributed by atoms with Crippen molar-refractivity contribution < 1.29 is 19.1 Å². The van der Waals surface area contributed by atoms with E-state index in [1.165, 1.54) is 64.9 Å². The SMILES string of the molecule is CCCCCCCCCCCCCOC(=O)C1CCCCC1C(=O)OC. The summed E-state index contributed by atoms with van der Waals surface area (Å²) in [5, 5.41) is 0. The van der Waals surface area contributed by atoms with E-state index in [-0.39, 0.29) is 23.8 Å². The van der Waals surface area contributed by atoms with Crippen molar-refractivity contribution in [2.24, 2.45) is 11.8 Å². The molecular formula is C22H40O4. The van der Waals surface area contributed by atoms with Gasteiger partial charge in [0.05, 0.1) is 25.6 Å². The Labute approximate surface area is 160 Å². The molecule has 0 bridgehead atoms. The number of carbonyl (C=O) groups excluding carboxylic acids is 2. The molecule has 0 amide bonds. The molecule has 0 aromatic carbocycles. The Hall–Kier alpha value is -1.06. The molecule has 26 heavy (non-hydrogen) atoms. The highest BCUT2D eigenvalue weighted by Gasteiger charge is 2.37. The number of ether oxygens (including phenoxy) is 2. The molecule has 1 fully saturated rings. The molecule has 4 nitrogen and oxygen atoms in total. The van der Waals surface area contributed by atoms with Gasteiger partial charge in [-0.1, -0.05) is 84.0 Å². The normalized spacial score (nSPS) is 19.9. The van der Waals surface area contributed by atoms with Crippen LogP contribution < -0.4 is 0 Å². The lowest BCUT2D eigenvalue weighted by Gasteiger charge is -2.27. The van der Waals surface area contributed by atoms with Crippen molar-refractivity contribution in [1.29, 1.82) is 0 Å². The fraction of sp³-hybridized carbons (Fsp3) is 0.909. The zero-order valence-corrected chi connectivity index (χ0v) is 17.1. The third kappa shape index (κ3) is 9.59. The van der Waals surface area contributed by atoms with Crippen LogP contribution in [0.5, 0.6) is 0 Å². The van der Waals surface area contributed by atoms with Crippen LogP contribution >= 0.6 is 0 Å². The lowest BCUT2D eigenvalue weighted by Crippen LogP contribution is -2.34. The number of hydrogen-bond donors (Lipinski definition) is 0. The molecule has 4 heteroatoms. The molecule has 2 atom stereocenters. The number of unbranched alkanes of at least 4 members (excludes halogenated alkanes) is 10. The first-order valence-corrected chi connectivity index (χ1v) is 10.9. The Morgan fingerprint density at radius 3 is 1.69 bits per heavy atom. The number of carbonyl (C=O) groups is 2. The average Bonchev–Trinajstić information content (AvgIpc) is 2.68. The third-order valence-electron chi connectivity index (χ3n) is 5.56. The minimum atomic E-state index is -0.307. The van der Waals surface area contributed by atoms with E-state index in [0.29, 0.717) is 6.61 Å². The zero-order valence-electron chi connectivity index (χ0n) is 17.1. The third-order valence-corrected chi connectivity index (χ3v) is 5.56. The summed E-state index contributed by atoms with van der Waals surface area (Å²) in [4.78, 5) is 24.1. The molecule has 0 heterocycles. The van der Waals surface area contributed by atoms with E-state index in [2.05, 4.69) is 6.92 Å². The van der Waals surface area contributed by atoms with E-state index in [9.17, 15) is 9.59 Å². The molecule has 1 rings (SSSR count). The van der Waals surface area contributed by atoms with Crippen LogP contribution in [0.15, 0.2) is 0 Å². The molecule has 0 spiro atoms. The van der Waals surface area contributed by atoms with Crippen molar-refractivity contribution >= 4 is 11.9 Å². The van der Waals surface area contributed by atoms with Crippen LogP contribution in [-0.2, 0) is 19.1 Å². The highest BCUT2D eigenvalue weighted by atomic mass is 16.5. The molecule has 1 aliphatic rings. The number of methoxy groups -OCH3 is 1. The minimum absolute atomic E-state index is 0.202. The first kappa shape index (κ1) is 23.0. The standard InChI is InChI=1S/C22H40O4/c1-3-4-5-6-7-8-9-10-11-12-15-18-26-22(24)20-17-14-13-16-19(20)21(23)25-2/h19-20H,3-18H2,1-2H3. The second-order valence-corrected chi connectivity index (χ2v) is 7.72. The van der Waals surface area contributed by atoms with Crippen molar-refractivity contribution in [3.05, 3.63) is 0 Å². The van der Waals surface area contributed by atoms with E-state index in [0.717, 1.165) is 38.5 Å². The number of esters is 2. The number of hydrogen-bond acceptors (Lipinski definition) is 4. The first-order chi connectivity index (χ1) is 12.7. The Balaban J connectivity index is 2.01. The van der Waals surface area contributed by atoms with Crippen LogP contribution in [0.1, 0.15) is 103 Å². The van der Waals surface area contributed by atoms with E-state index < -0.39 is 0 Å². The molecule has 0 aromatic rings. The van der Waals surface area contributed by atoms with Crippen molar-refractivity contribution in [2.75, 3.05) is 13.7 Å². The smallest absolute Gasteiger partial charge is 0.309 e. The first-order valence-electron chi connectivity index (χ1n) is 10.9. The van der Waals surface area contributed by atoms with Gasteiger partial charge in [0.2, 0.25) is 0 Å². The highest BCUT2D eigenvalue weighted by Crippen LogP contribution is 2.32. The van der Waals surface area contributed by atoms with E-state index in [4.69, 9.17) is 9.47 Å². The molecule has 0 aromatic heterocycles. The van der Waals surface area contributed by atoms with Gasteiger partial charge in [0.15, 0.2) is 0 Å². The van der Waals surface area contributed by atoms with E-state index >= 15 is 0 Å². The Bertz CT molecular complexity index is 380. The molecule has 0 radical (unpaired) electrons. The largest absolute Gasteiger partial charge is 0.469 e. The van der Waals surface area contributed by atoms with Gasteiger partial charge in [-0.3, -0.25) is 9.59 Å². The van der Waals surface area contributed by atoms with Crippen LogP contribution in [0.25, 0.3) is 0 Å². The molecule has 2 unspecified atom stereocenters. The van der Waals surface area contributed by atoms with Gasteiger partial charge < -0.3 is 9.47 Å². The summed E-state index contributed by atoms with van der Waals surface area (Å²) in [5.41, 5.74) is 0. The second kappa shape index (κ2) is 15.0. The minimum Gasteiger partial charge on any atom is -0.469 e. The molecule has 0 aliphatic heterocycles. The van der Waals surface area contributed by atoms with Crippen molar-refractivity contribution in [3.63, 3.8) is 0 Å². The van der Waals surface area contributed by atoms with Gasteiger partial charge in [0, 0.05) is 0 Å². The van der Waals surface area contributed by atoms with Crippen LogP contribution in [0.4, 0.5) is 0 Å². The maximum atomic E-state index is 12.3. The molecular weight excluding hydrogens is 328 g/mol. The van der Waals surface area contributed by atoms with Gasteiger partial charge in [-0.2, -0.15) is 0 Å². The Kier molecular flexibility index (Phi) is 13.3. The average molecular weight is 369 g/mol. The number of rotatable bonds is 14. The summed E-state index contributed by atoms with van der Waals surface area (Å²) in [5.74, 6) is -1.07. The lowest BCUT2D eigenvalue weighted by molar-refractivity contribution is -0.161. The molecule has 0 saturated heterocycles. The second-order valence-electron chi connectivity index (χ2n) is 7.72. The maximum Gasteiger partial charge on any atom is 0.309 e. The summed E-state index contributed by atoms with van der Waals surface area (Å²) < 4.78 is 10.3. The van der Waals surface area contributed by atoms with Gasteiger partial charge in [0.25, 0.3) is 0 Å². The maximum absolute atomic E-state index is 12.3. The van der Waals surface area contributed by atoms with E-state index in [1.54, 1.807) is 0 Å². The van der Waals surface area contributed by atoms with Crippen LogP contribution in [0, 0.1) is 11.8 Å². The van der Waals surface area contributed by atoms with Gasteiger partial charge in [-0.25, -0.2) is 0 Å². The van der Waals surface area contributed by atoms with Crippen molar-refractivity contribution in [1.82, 2.24) is 0 Å². The Morgan fingerprint density at radius 2 is 1.19 bits per heavy atom. The Morgan fingerprint density at radius 1 is 0.731 bits per heavy atom. The quantitative estimate of drug-likeness (QED) is 0.286. The molecule has 152 valence electrons. The molecule has 1 aliphatic carbocycles. The summed E-state index contributed by atoms with van der Waals surface area (Å²) in [7, 11) is 1.39. The topological polar surface area (TPSA) is 52.6 Å². The van der Waals surface area contributed by atoms with Crippen LogP contribution in [0.2, 0.25) is 0 Å². The van der Waals surface area contributed by atoms with Gasteiger partial charge in [-0.15, -0.1) is 0 Å². The van der Waals surface area contributed by atoms with Gasteiger partial charge in [-0.05, 0) is 19.3 Å². The summed E-state index contributed by atoms with van der Waals surface area (Å²) in [6.45, 7) is 2.74. The fourth-order valence-electron chi connectivity index (χ4n) is 3.89. The molecule has 0 N–H and O–H groups in total. The van der Waals surface area contributed by atoms with E-state index in [1.807, 2.05) is 0 Å². The zero-order chi connectivity index (χ0) is 19.0. The fourth-order valence-corrected chi connectivity index (χ4v) is 3.89. The predicted octanol–water partition coefficient (Wildman–Crippen LogP) is 5.82. The van der Waals surface area contributed by atoms with Crippen molar-refractivity contribution in [3.8, 4) is 0 Å². The van der Waals surface area contributed by atoms with Gasteiger partial charge in [0.1, 0.15) is 0 Å². The van der Waals surface area contributed by atoms with Gasteiger partial charge >= 0.3 is 11.9 Å². The van der Waals surface area contributed by atoms with Crippen LogP contribution in [0.3, 0.4) is 0 Å². The monoisotopic (exact) mass is 368 g/mol. The lowest BCUT2D eigenvalue weighted by atomic mass is 9.79. The van der Waals surface area contributed by atoms with Crippen molar-refractivity contribution in [2.45, 2.75) is 103 Å². The summed E-state index contributed by atoms with van der Waals surface area (Å²) in [6, 6.07) is 0. The summed E-state index contributed by atoms with van der Waals surface area (Å²) in [6.07, 6.45) is 17.5. The summed E-state index contributed by atoms with van der Waals surface area (Å²) >= 11 is 0. The van der Waals surface area contributed by atoms with Crippen LogP contribution in [-0.4, -0.2) is 25.7 Å². The highest BCUT2D eigenvalue weighted by molar-refractivity contribution is 5.82. The predicted molar refractivity (Wildman–Crippen MR) is 105 cm³/mol.